The number of anilines is 1. The van der Waals surface area contributed by atoms with E-state index in [1.54, 1.807) is 17.0 Å². The highest BCUT2D eigenvalue weighted by atomic mass is 16.1. The third kappa shape index (κ3) is 2.41. The Morgan fingerprint density at radius 1 is 1.50 bits per heavy atom. The van der Waals surface area contributed by atoms with Crippen molar-refractivity contribution in [3.8, 4) is 0 Å². The minimum absolute atomic E-state index is 0.0692. The van der Waals surface area contributed by atoms with Gasteiger partial charge in [0.2, 0.25) is 0 Å². The second-order valence-corrected chi connectivity index (χ2v) is 4.25. The van der Waals surface area contributed by atoms with Crippen molar-refractivity contribution in [2.45, 2.75) is 32.9 Å². The molecule has 1 unspecified atom stereocenters. The van der Waals surface area contributed by atoms with Gasteiger partial charge in [0.15, 0.2) is 5.82 Å². The summed E-state index contributed by atoms with van der Waals surface area (Å²) in [6, 6.07) is 0.235. The average Bonchev–Trinajstić information content (AvgIpc) is 2.27. The van der Waals surface area contributed by atoms with Crippen LogP contribution < -0.4 is 16.2 Å². The molecule has 5 heteroatoms. The molecule has 0 saturated carbocycles. The Bertz CT molecular complexity index is 399. The number of nitrogens with two attached hydrogens (primary N) is 1. The smallest absolute Gasteiger partial charge is 0.293 e. The van der Waals surface area contributed by atoms with Crippen molar-refractivity contribution in [3.05, 3.63) is 22.7 Å². The molecular formula is C11H20N4O. The summed E-state index contributed by atoms with van der Waals surface area (Å²) in [6.45, 7) is 6.40. The Morgan fingerprint density at radius 3 is 2.62 bits per heavy atom. The lowest BCUT2D eigenvalue weighted by Gasteiger charge is -2.24. The molecule has 0 saturated heterocycles. The molecule has 1 aromatic rings. The van der Waals surface area contributed by atoms with Crippen molar-refractivity contribution in [2.24, 2.45) is 5.73 Å². The van der Waals surface area contributed by atoms with Crippen LogP contribution in [0.25, 0.3) is 0 Å². The number of aromatic nitrogens is 2. The zero-order valence-electron chi connectivity index (χ0n) is 10.3. The highest BCUT2D eigenvalue weighted by molar-refractivity contribution is 5.35. The van der Waals surface area contributed by atoms with Crippen LogP contribution in [0.15, 0.2) is 17.2 Å². The van der Waals surface area contributed by atoms with Crippen LogP contribution in [0.2, 0.25) is 0 Å². The van der Waals surface area contributed by atoms with Crippen LogP contribution in [-0.4, -0.2) is 29.2 Å². The van der Waals surface area contributed by atoms with Gasteiger partial charge in [-0.2, -0.15) is 0 Å². The molecule has 0 amide bonds. The molecule has 0 aromatic carbocycles. The van der Waals surface area contributed by atoms with Gasteiger partial charge in [0.05, 0.1) is 0 Å². The molecule has 16 heavy (non-hydrogen) atoms. The SMILES string of the molecule is CC(CN)N(C)c1nccn(C(C)C)c1=O. The summed E-state index contributed by atoms with van der Waals surface area (Å²) < 4.78 is 1.67. The molecular weight excluding hydrogens is 204 g/mol. The molecule has 1 atom stereocenters. The molecule has 0 spiro atoms. The first kappa shape index (κ1) is 12.7. The monoisotopic (exact) mass is 224 g/mol. The molecule has 0 aliphatic carbocycles. The molecule has 0 fully saturated rings. The van der Waals surface area contributed by atoms with Crippen LogP contribution in [0.1, 0.15) is 26.8 Å². The maximum Gasteiger partial charge on any atom is 0.293 e. The highest BCUT2D eigenvalue weighted by Gasteiger charge is 2.15. The van der Waals surface area contributed by atoms with E-state index in [4.69, 9.17) is 5.73 Å². The third-order valence-corrected chi connectivity index (χ3v) is 2.74. The minimum Gasteiger partial charge on any atom is -0.351 e. The minimum atomic E-state index is -0.0692. The van der Waals surface area contributed by atoms with Gasteiger partial charge in [-0.3, -0.25) is 4.79 Å². The molecule has 0 radical (unpaired) electrons. The largest absolute Gasteiger partial charge is 0.351 e. The van der Waals surface area contributed by atoms with Gasteiger partial charge in [-0.25, -0.2) is 4.98 Å². The summed E-state index contributed by atoms with van der Waals surface area (Å²) in [5.41, 5.74) is 5.51. The number of rotatable bonds is 4. The topological polar surface area (TPSA) is 64.2 Å². The van der Waals surface area contributed by atoms with E-state index in [-0.39, 0.29) is 17.6 Å². The van der Waals surface area contributed by atoms with E-state index in [0.717, 1.165) is 0 Å². The Kier molecular flexibility index (Phi) is 4.06. The molecule has 2 N–H and O–H groups in total. The number of hydrogen-bond acceptors (Lipinski definition) is 4. The lowest BCUT2D eigenvalue weighted by Crippen LogP contribution is -2.40. The molecule has 1 heterocycles. The van der Waals surface area contributed by atoms with Crippen molar-refractivity contribution < 1.29 is 0 Å². The molecule has 0 bridgehead atoms. The first-order chi connectivity index (χ1) is 7.49. The van der Waals surface area contributed by atoms with Crippen LogP contribution in [0.4, 0.5) is 5.82 Å². The van der Waals surface area contributed by atoms with Gasteiger partial charge in [-0.05, 0) is 20.8 Å². The van der Waals surface area contributed by atoms with Crippen LogP contribution in [0, 0.1) is 0 Å². The summed E-state index contributed by atoms with van der Waals surface area (Å²) in [4.78, 5) is 18.0. The summed E-state index contributed by atoms with van der Waals surface area (Å²) in [7, 11) is 1.84. The van der Waals surface area contributed by atoms with Crippen molar-refractivity contribution in [1.82, 2.24) is 9.55 Å². The molecule has 90 valence electrons. The first-order valence-corrected chi connectivity index (χ1v) is 5.49. The Morgan fingerprint density at radius 2 is 2.12 bits per heavy atom. The van der Waals surface area contributed by atoms with Gasteiger partial charge in [0, 0.05) is 38.1 Å². The van der Waals surface area contributed by atoms with Crippen molar-refractivity contribution >= 4 is 5.82 Å². The fourth-order valence-corrected chi connectivity index (χ4v) is 1.43. The van der Waals surface area contributed by atoms with Gasteiger partial charge in [-0.1, -0.05) is 0 Å². The summed E-state index contributed by atoms with van der Waals surface area (Å²) in [5, 5.41) is 0. The Balaban J connectivity index is 3.16. The summed E-state index contributed by atoms with van der Waals surface area (Å²) in [6.07, 6.45) is 3.36. The Labute approximate surface area is 95.9 Å². The lowest BCUT2D eigenvalue weighted by atomic mass is 10.3. The average molecular weight is 224 g/mol. The highest BCUT2D eigenvalue weighted by Crippen LogP contribution is 2.07. The zero-order chi connectivity index (χ0) is 12.3. The van der Waals surface area contributed by atoms with Gasteiger partial charge in [0.1, 0.15) is 0 Å². The van der Waals surface area contributed by atoms with Gasteiger partial charge in [-0.15, -0.1) is 0 Å². The normalized spacial score (nSPS) is 12.9. The van der Waals surface area contributed by atoms with Gasteiger partial charge >= 0.3 is 0 Å². The maximum atomic E-state index is 12.1. The second-order valence-electron chi connectivity index (χ2n) is 4.25. The fraction of sp³-hybridized carbons (Fsp3) is 0.636. The van der Waals surface area contributed by atoms with Crippen molar-refractivity contribution in [2.75, 3.05) is 18.5 Å². The quantitative estimate of drug-likeness (QED) is 0.813. The number of hydrogen-bond donors (Lipinski definition) is 1. The zero-order valence-corrected chi connectivity index (χ0v) is 10.3. The van der Waals surface area contributed by atoms with Crippen LogP contribution in [0.3, 0.4) is 0 Å². The van der Waals surface area contributed by atoms with Crippen LogP contribution in [0.5, 0.6) is 0 Å². The van der Waals surface area contributed by atoms with E-state index in [1.807, 2.05) is 32.7 Å². The van der Waals surface area contributed by atoms with E-state index in [2.05, 4.69) is 4.98 Å². The predicted molar refractivity (Wildman–Crippen MR) is 65.8 cm³/mol. The third-order valence-electron chi connectivity index (χ3n) is 2.74. The standard InChI is InChI=1S/C11H20N4O/c1-8(2)15-6-5-13-10(11(15)16)14(4)9(3)7-12/h5-6,8-9H,7,12H2,1-4H3. The summed E-state index contributed by atoms with van der Waals surface area (Å²) >= 11 is 0. The van der Waals surface area contributed by atoms with E-state index < -0.39 is 0 Å². The predicted octanol–water partition coefficient (Wildman–Crippen LogP) is 0.608. The van der Waals surface area contributed by atoms with E-state index in [9.17, 15) is 4.79 Å². The van der Waals surface area contributed by atoms with Crippen molar-refractivity contribution in [1.29, 1.82) is 0 Å². The van der Waals surface area contributed by atoms with Gasteiger partial charge < -0.3 is 15.2 Å². The fourth-order valence-electron chi connectivity index (χ4n) is 1.43. The van der Waals surface area contributed by atoms with Gasteiger partial charge in [0.25, 0.3) is 5.56 Å². The summed E-state index contributed by atoms with van der Waals surface area (Å²) in [5.74, 6) is 0.453. The van der Waals surface area contributed by atoms with E-state index in [0.29, 0.717) is 12.4 Å². The Hall–Kier alpha value is -1.36. The molecule has 0 aliphatic heterocycles. The van der Waals surface area contributed by atoms with Crippen LogP contribution >= 0.6 is 0 Å². The molecule has 5 nitrogen and oxygen atoms in total. The first-order valence-electron chi connectivity index (χ1n) is 5.49. The molecule has 1 aromatic heterocycles. The van der Waals surface area contributed by atoms with Crippen molar-refractivity contribution in [3.63, 3.8) is 0 Å². The van der Waals surface area contributed by atoms with E-state index >= 15 is 0 Å². The molecule has 1 rings (SSSR count). The second kappa shape index (κ2) is 5.12. The number of likely N-dealkylation sites (N-methyl/N-ethyl adjacent to an activating group) is 1. The maximum absolute atomic E-state index is 12.1. The number of nitrogens with zero attached hydrogens (tertiary/aromatic N) is 3. The molecule has 0 aliphatic rings. The van der Waals surface area contributed by atoms with Crippen LogP contribution in [-0.2, 0) is 0 Å². The van der Waals surface area contributed by atoms with E-state index in [1.165, 1.54) is 0 Å². The lowest BCUT2D eigenvalue weighted by molar-refractivity contribution is 0.568.